The van der Waals surface area contributed by atoms with Crippen LogP contribution in [-0.4, -0.2) is 0 Å². The minimum absolute atomic E-state index is 0.364. The van der Waals surface area contributed by atoms with Gasteiger partial charge in [0.05, 0.1) is 0 Å². The molecule has 2 rings (SSSR count). The van der Waals surface area contributed by atoms with E-state index in [1.54, 1.807) is 0 Å². The summed E-state index contributed by atoms with van der Waals surface area (Å²) in [5.74, 6) is 0.585. The quantitative estimate of drug-likeness (QED) is 0.775. The van der Waals surface area contributed by atoms with Gasteiger partial charge in [-0.15, -0.1) is 11.3 Å². The van der Waals surface area contributed by atoms with E-state index in [9.17, 15) is 0 Å². The van der Waals surface area contributed by atoms with Crippen LogP contribution >= 0.6 is 11.3 Å². The molecule has 0 amide bonds. The standard InChI is InChI=1S/C18H25NS/c1-12(2)18(17-7-6-8-20-17)19-15(5)16-10-13(3)9-14(4)11-16/h6-12,15,18-19H,1-5H3. The number of nitrogens with one attached hydrogen (secondary N) is 1. The van der Waals surface area contributed by atoms with Gasteiger partial charge in [0.2, 0.25) is 0 Å². The molecule has 1 aromatic heterocycles. The Balaban J connectivity index is 2.18. The SMILES string of the molecule is Cc1cc(C)cc(C(C)NC(c2cccs2)C(C)C)c1. The summed E-state index contributed by atoms with van der Waals surface area (Å²) >= 11 is 1.84. The summed E-state index contributed by atoms with van der Waals surface area (Å²) in [5.41, 5.74) is 4.06. The Hall–Kier alpha value is -1.12. The predicted molar refractivity (Wildman–Crippen MR) is 89.4 cm³/mol. The Morgan fingerprint density at radius 1 is 1.00 bits per heavy atom. The second-order valence-electron chi connectivity index (χ2n) is 6.05. The summed E-state index contributed by atoms with van der Waals surface area (Å²) in [4.78, 5) is 1.43. The topological polar surface area (TPSA) is 12.0 Å². The largest absolute Gasteiger partial charge is 0.302 e. The van der Waals surface area contributed by atoms with Crippen molar-refractivity contribution >= 4 is 11.3 Å². The molecule has 0 fully saturated rings. The molecule has 0 aliphatic rings. The average molecular weight is 287 g/mol. The van der Waals surface area contributed by atoms with E-state index in [4.69, 9.17) is 0 Å². The Morgan fingerprint density at radius 3 is 2.15 bits per heavy atom. The number of rotatable bonds is 5. The van der Waals surface area contributed by atoms with Crippen molar-refractivity contribution in [2.24, 2.45) is 5.92 Å². The second kappa shape index (κ2) is 6.55. The maximum absolute atomic E-state index is 3.80. The van der Waals surface area contributed by atoms with E-state index in [1.807, 2.05) is 11.3 Å². The number of thiophene rings is 1. The van der Waals surface area contributed by atoms with Crippen LogP contribution in [0.15, 0.2) is 35.7 Å². The molecule has 2 heteroatoms. The van der Waals surface area contributed by atoms with Gasteiger partial charge in [0.1, 0.15) is 0 Å². The van der Waals surface area contributed by atoms with Crippen LogP contribution in [0.2, 0.25) is 0 Å². The van der Waals surface area contributed by atoms with Crippen molar-refractivity contribution in [2.75, 3.05) is 0 Å². The summed E-state index contributed by atoms with van der Waals surface area (Å²) in [7, 11) is 0. The lowest BCUT2D eigenvalue weighted by molar-refractivity contribution is 0.379. The second-order valence-corrected chi connectivity index (χ2v) is 7.03. The molecule has 0 bridgehead atoms. The van der Waals surface area contributed by atoms with Gasteiger partial charge < -0.3 is 5.32 Å². The molecule has 1 nitrogen and oxygen atoms in total. The zero-order valence-corrected chi connectivity index (χ0v) is 13.9. The van der Waals surface area contributed by atoms with Crippen molar-refractivity contribution in [3.8, 4) is 0 Å². The lowest BCUT2D eigenvalue weighted by Crippen LogP contribution is -2.27. The molecule has 1 aromatic carbocycles. The number of benzene rings is 1. The van der Waals surface area contributed by atoms with Crippen LogP contribution in [0.5, 0.6) is 0 Å². The van der Waals surface area contributed by atoms with Gasteiger partial charge in [0, 0.05) is 17.0 Å². The third-order valence-electron chi connectivity index (χ3n) is 3.69. The van der Waals surface area contributed by atoms with Gasteiger partial charge in [-0.25, -0.2) is 0 Å². The zero-order chi connectivity index (χ0) is 14.7. The first kappa shape index (κ1) is 15.3. The van der Waals surface area contributed by atoms with Gasteiger partial charge in [-0.05, 0) is 43.7 Å². The molecule has 1 heterocycles. The zero-order valence-electron chi connectivity index (χ0n) is 13.1. The summed E-state index contributed by atoms with van der Waals surface area (Å²) < 4.78 is 0. The fourth-order valence-electron chi connectivity index (χ4n) is 2.70. The fourth-order valence-corrected chi connectivity index (χ4v) is 3.66. The third kappa shape index (κ3) is 3.71. The van der Waals surface area contributed by atoms with Gasteiger partial charge in [0.15, 0.2) is 0 Å². The Bertz CT molecular complexity index is 522. The van der Waals surface area contributed by atoms with Crippen molar-refractivity contribution in [3.05, 3.63) is 57.3 Å². The van der Waals surface area contributed by atoms with E-state index in [0.29, 0.717) is 18.0 Å². The van der Waals surface area contributed by atoms with E-state index in [-0.39, 0.29) is 0 Å². The van der Waals surface area contributed by atoms with Gasteiger partial charge in [-0.1, -0.05) is 49.2 Å². The van der Waals surface area contributed by atoms with Crippen molar-refractivity contribution < 1.29 is 0 Å². The van der Waals surface area contributed by atoms with E-state index < -0.39 is 0 Å². The molecular formula is C18H25NS. The highest BCUT2D eigenvalue weighted by Crippen LogP contribution is 2.29. The van der Waals surface area contributed by atoms with Crippen molar-refractivity contribution in [3.63, 3.8) is 0 Å². The summed E-state index contributed by atoms with van der Waals surface area (Å²) in [5, 5.41) is 5.96. The molecular weight excluding hydrogens is 262 g/mol. The molecule has 108 valence electrons. The minimum Gasteiger partial charge on any atom is -0.302 e. The molecule has 2 atom stereocenters. The summed E-state index contributed by atoms with van der Waals surface area (Å²) in [6.45, 7) is 11.2. The Labute approximate surface area is 127 Å². The highest BCUT2D eigenvalue weighted by Gasteiger charge is 2.19. The molecule has 20 heavy (non-hydrogen) atoms. The molecule has 0 aliphatic carbocycles. The van der Waals surface area contributed by atoms with Crippen LogP contribution in [0, 0.1) is 19.8 Å². The van der Waals surface area contributed by atoms with Gasteiger partial charge in [-0.2, -0.15) is 0 Å². The van der Waals surface area contributed by atoms with Crippen molar-refractivity contribution in [1.82, 2.24) is 5.32 Å². The first-order chi connectivity index (χ1) is 9.47. The smallest absolute Gasteiger partial charge is 0.0442 e. The summed E-state index contributed by atoms with van der Waals surface area (Å²) in [6.07, 6.45) is 0. The van der Waals surface area contributed by atoms with Gasteiger partial charge in [0.25, 0.3) is 0 Å². The van der Waals surface area contributed by atoms with E-state index >= 15 is 0 Å². The maximum Gasteiger partial charge on any atom is 0.0442 e. The van der Waals surface area contributed by atoms with Crippen molar-refractivity contribution in [1.29, 1.82) is 0 Å². The Kier molecular flexibility index (Phi) is 5.00. The van der Waals surface area contributed by atoms with E-state index in [2.05, 4.69) is 75.6 Å². The van der Waals surface area contributed by atoms with Gasteiger partial charge >= 0.3 is 0 Å². The highest BCUT2D eigenvalue weighted by atomic mass is 32.1. The Morgan fingerprint density at radius 2 is 1.65 bits per heavy atom. The number of hydrogen-bond donors (Lipinski definition) is 1. The lowest BCUT2D eigenvalue weighted by atomic mass is 9.98. The third-order valence-corrected chi connectivity index (χ3v) is 4.65. The fraction of sp³-hybridized carbons (Fsp3) is 0.444. The molecule has 1 N–H and O–H groups in total. The van der Waals surface area contributed by atoms with Gasteiger partial charge in [-0.3, -0.25) is 0 Å². The number of aryl methyl sites for hydroxylation is 2. The van der Waals surface area contributed by atoms with Crippen molar-refractivity contribution in [2.45, 2.75) is 46.7 Å². The summed E-state index contributed by atoms with van der Waals surface area (Å²) in [6, 6.07) is 12.0. The molecule has 0 aliphatic heterocycles. The molecule has 0 spiro atoms. The average Bonchev–Trinajstić information content (AvgIpc) is 2.87. The molecule has 2 unspecified atom stereocenters. The molecule has 2 aromatic rings. The van der Waals surface area contributed by atoms with Crippen LogP contribution in [0.4, 0.5) is 0 Å². The normalized spacial score (nSPS) is 14.5. The first-order valence-corrected chi connectivity index (χ1v) is 8.23. The van der Waals surface area contributed by atoms with Crippen LogP contribution in [-0.2, 0) is 0 Å². The number of hydrogen-bond acceptors (Lipinski definition) is 2. The predicted octanol–water partition coefficient (Wildman–Crippen LogP) is 5.41. The van der Waals surface area contributed by atoms with E-state index in [0.717, 1.165) is 0 Å². The molecule has 0 saturated heterocycles. The highest BCUT2D eigenvalue weighted by molar-refractivity contribution is 7.10. The van der Waals surface area contributed by atoms with Crippen LogP contribution in [0.1, 0.15) is 54.4 Å². The first-order valence-electron chi connectivity index (χ1n) is 7.35. The van der Waals surface area contributed by atoms with Crippen LogP contribution in [0.3, 0.4) is 0 Å². The molecule has 0 saturated carbocycles. The van der Waals surface area contributed by atoms with Crippen LogP contribution in [0.25, 0.3) is 0 Å². The molecule has 0 radical (unpaired) electrons. The monoisotopic (exact) mass is 287 g/mol. The lowest BCUT2D eigenvalue weighted by Gasteiger charge is -2.26. The minimum atomic E-state index is 0.364. The van der Waals surface area contributed by atoms with Crippen LogP contribution < -0.4 is 5.32 Å². The van der Waals surface area contributed by atoms with E-state index in [1.165, 1.54) is 21.6 Å². The maximum atomic E-state index is 3.80.